The number of hydrogen-bond donors (Lipinski definition) is 0. The van der Waals surface area contributed by atoms with Crippen LogP contribution in [0.3, 0.4) is 0 Å². The largest absolute Gasteiger partial charge is 0.308 e. The minimum atomic E-state index is -3.56. The monoisotopic (exact) mass is 414 g/mol. The van der Waals surface area contributed by atoms with Crippen LogP contribution in [0.4, 0.5) is 5.69 Å². The van der Waals surface area contributed by atoms with Crippen LogP contribution in [0.1, 0.15) is 54.9 Å². The van der Waals surface area contributed by atoms with Gasteiger partial charge in [-0.05, 0) is 62.6 Å². The zero-order chi connectivity index (χ0) is 21.0. The van der Waals surface area contributed by atoms with Crippen LogP contribution in [0, 0.1) is 6.92 Å². The van der Waals surface area contributed by atoms with Gasteiger partial charge in [-0.3, -0.25) is 4.79 Å². The summed E-state index contributed by atoms with van der Waals surface area (Å²) in [5, 5.41) is 0. The van der Waals surface area contributed by atoms with Gasteiger partial charge in [-0.15, -0.1) is 0 Å². The first kappa shape index (κ1) is 21.5. The molecule has 2 aromatic rings. The van der Waals surface area contributed by atoms with Gasteiger partial charge in [-0.1, -0.05) is 37.5 Å². The van der Waals surface area contributed by atoms with E-state index >= 15 is 0 Å². The Morgan fingerprint density at radius 2 is 1.62 bits per heavy atom. The Labute approximate surface area is 174 Å². The normalized spacial score (nSPS) is 15.4. The second-order valence-electron chi connectivity index (χ2n) is 7.67. The molecule has 29 heavy (non-hydrogen) atoms. The second kappa shape index (κ2) is 9.09. The number of carbonyl (C=O) groups excluding carboxylic acids is 1. The molecular formula is C23H30N2O3S. The van der Waals surface area contributed by atoms with Crippen LogP contribution in [-0.4, -0.2) is 38.3 Å². The van der Waals surface area contributed by atoms with E-state index < -0.39 is 10.0 Å². The topological polar surface area (TPSA) is 57.7 Å². The van der Waals surface area contributed by atoms with Gasteiger partial charge >= 0.3 is 0 Å². The number of aryl methyl sites for hydroxylation is 1. The summed E-state index contributed by atoms with van der Waals surface area (Å²) in [5.74, 6) is -0.133. The summed E-state index contributed by atoms with van der Waals surface area (Å²) in [4.78, 5) is 15.0. The molecule has 0 spiro atoms. The fraction of sp³-hybridized carbons (Fsp3) is 0.435. The molecule has 6 heteroatoms. The van der Waals surface area contributed by atoms with Gasteiger partial charge in [0.05, 0.1) is 4.90 Å². The second-order valence-corrected chi connectivity index (χ2v) is 9.67. The van der Waals surface area contributed by atoms with Crippen molar-refractivity contribution in [2.75, 3.05) is 18.5 Å². The number of hydrogen-bond acceptors (Lipinski definition) is 3. The average molecular weight is 415 g/mol. The number of sulfonamides is 1. The molecule has 0 unspecified atom stereocenters. The molecular weight excluding hydrogens is 384 g/mol. The molecule has 156 valence electrons. The number of benzene rings is 2. The summed E-state index contributed by atoms with van der Waals surface area (Å²) in [6.45, 7) is 4.44. The maximum absolute atomic E-state index is 13.0. The van der Waals surface area contributed by atoms with Crippen molar-refractivity contribution >= 4 is 21.6 Å². The highest BCUT2D eigenvalue weighted by Crippen LogP contribution is 2.27. The molecule has 0 aliphatic heterocycles. The number of anilines is 1. The smallest absolute Gasteiger partial charge is 0.258 e. The van der Waals surface area contributed by atoms with Crippen LogP contribution in [0.5, 0.6) is 0 Å². The number of carbonyl (C=O) groups is 1. The van der Waals surface area contributed by atoms with Crippen molar-refractivity contribution in [3.8, 4) is 0 Å². The minimum absolute atomic E-state index is 0.0618. The lowest BCUT2D eigenvalue weighted by molar-refractivity contribution is 0.0988. The van der Waals surface area contributed by atoms with E-state index in [-0.39, 0.29) is 16.8 Å². The summed E-state index contributed by atoms with van der Waals surface area (Å²) in [5.41, 5.74) is 2.37. The van der Waals surface area contributed by atoms with E-state index in [0.717, 1.165) is 36.9 Å². The van der Waals surface area contributed by atoms with Gasteiger partial charge in [0, 0.05) is 30.9 Å². The predicted octanol–water partition coefficient (Wildman–Crippen LogP) is 4.61. The molecule has 0 bridgehead atoms. The summed E-state index contributed by atoms with van der Waals surface area (Å²) in [7, 11) is -1.89. The molecule has 0 heterocycles. The van der Waals surface area contributed by atoms with E-state index in [0.29, 0.717) is 12.1 Å². The highest BCUT2D eigenvalue weighted by molar-refractivity contribution is 7.89. The van der Waals surface area contributed by atoms with Gasteiger partial charge in [-0.25, -0.2) is 8.42 Å². The summed E-state index contributed by atoms with van der Waals surface area (Å²) >= 11 is 0. The quantitative estimate of drug-likeness (QED) is 0.693. The third-order valence-electron chi connectivity index (χ3n) is 5.83. The third kappa shape index (κ3) is 4.54. The predicted molar refractivity (Wildman–Crippen MR) is 117 cm³/mol. The Hall–Kier alpha value is -2.18. The van der Waals surface area contributed by atoms with Crippen molar-refractivity contribution in [3.05, 3.63) is 59.7 Å². The van der Waals surface area contributed by atoms with Crippen LogP contribution in [0.2, 0.25) is 0 Å². The Morgan fingerprint density at radius 3 is 2.21 bits per heavy atom. The van der Waals surface area contributed by atoms with Crippen LogP contribution >= 0.6 is 0 Å². The first-order valence-corrected chi connectivity index (χ1v) is 11.8. The number of para-hydroxylation sites is 1. The van der Waals surface area contributed by atoms with E-state index in [1.807, 2.05) is 38.1 Å². The van der Waals surface area contributed by atoms with E-state index in [4.69, 9.17) is 0 Å². The SMILES string of the molecule is CCN(C(=O)c1ccc(S(=O)(=O)N(C)C2CCCCC2)cc1)c1ccccc1C. The lowest BCUT2D eigenvalue weighted by Gasteiger charge is -2.30. The molecule has 0 N–H and O–H groups in total. The molecule has 1 aliphatic carbocycles. The fourth-order valence-corrected chi connectivity index (χ4v) is 5.44. The Kier molecular flexibility index (Phi) is 6.75. The molecule has 0 radical (unpaired) electrons. The van der Waals surface area contributed by atoms with Gasteiger partial charge in [0.1, 0.15) is 0 Å². The molecule has 3 rings (SSSR count). The molecule has 1 fully saturated rings. The third-order valence-corrected chi connectivity index (χ3v) is 7.76. The fourth-order valence-electron chi connectivity index (χ4n) is 4.02. The molecule has 2 aromatic carbocycles. The highest BCUT2D eigenvalue weighted by Gasteiger charge is 2.29. The maximum atomic E-state index is 13.0. The molecule has 1 saturated carbocycles. The van der Waals surface area contributed by atoms with Gasteiger partial charge < -0.3 is 4.90 Å². The molecule has 1 aliphatic rings. The molecule has 1 amide bonds. The zero-order valence-electron chi connectivity index (χ0n) is 17.5. The molecule has 0 saturated heterocycles. The Balaban J connectivity index is 1.81. The van der Waals surface area contributed by atoms with Crippen LogP contribution in [0.15, 0.2) is 53.4 Å². The zero-order valence-corrected chi connectivity index (χ0v) is 18.3. The van der Waals surface area contributed by atoms with Crippen molar-refractivity contribution in [2.45, 2.75) is 56.9 Å². The van der Waals surface area contributed by atoms with Gasteiger partial charge in [0.25, 0.3) is 5.91 Å². The standard InChI is InChI=1S/C23H30N2O3S/c1-4-25(22-13-9-8-10-18(22)2)23(26)19-14-16-21(17-15-19)29(27,28)24(3)20-11-6-5-7-12-20/h8-10,13-17,20H,4-7,11-12H2,1-3H3. The lowest BCUT2D eigenvalue weighted by atomic mass is 9.96. The van der Waals surface area contributed by atoms with E-state index in [2.05, 4.69) is 0 Å². The molecule has 5 nitrogen and oxygen atoms in total. The van der Waals surface area contributed by atoms with E-state index in [1.54, 1.807) is 36.2 Å². The van der Waals surface area contributed by atoms with Crippen molar-refractivity contribution in [1.29, 1.82) is 0 Å². The van der Waals surface area contributed by atoms with E-state index in [9.17, 15) is 13.2 Å². The lowest BCUT2D eigenvalue weighted by Crippen LogP contribution is -2.38. The van der Waals surface area contributed by atoms with Crippen LogP contribution in [-0.2, 0) is 10.0 Å². The van der Waals surface area contributed by atoms with Crippen molar-refractivity contribution < 1.29 is 13.2 Å². The number of amides is 1. The van der Waals surface area contributed by atoms with Crippen LogP contribution in [0.25, 0.3) is 0 Å². The number of rotatable bonds is 6. The molecule has 0 atom stereocenters. The van der Waals surface area contributed by atoms with Crippen LogP contribution < -0.4 is 4.90 Å². The average Bonchev–Trinajstić information content (AvgIpc) is 2.75. The highest BCUT2D eigenvalue weighted by atomic mass is 32.2. The van der Waals surface area contributed by atoms with E-state index in [1.165, 1.54) is 10.7 Å². The van der Waals surface area contributed by atoms with Crippen molar-refractivity contribution in [3.63, 3.8) is 0 Å². The Bertz CT molecular complexity index is 948. The van der Waals surface area contributed by atoms with Gasteiger partial charge in [0.2, 0.25) is 10.0 Å². The summed E-state index contributed by atoms with van der Waals surface area (Å²) in [6.07, 6.45) is 5.14. The van der Waals surface area contributed by atoms with Gasteiger partial charge in [-0.2, -0.15) is 4.31 Å². The maximum Gasteiger partial charge on any atom is 0.258 e. The number of nitrogens with zero attached hydrogens (tertiary/aromatic N) is 2. The molecule has 0 aromatic heterocycles. The first-order chi connectivity index (χ1) is 13.9. The van der Waals surface area contributed by atoms with Gasteiger partial charge in [0.15, 0.2) is 0 Å². The first-order valence-electron chi connectivity index (χ1n) is 10.3. The Morgan fingerprint density at radius 1 is 1.00 bits per heavy atom. The summed E-state index contributed by atoms with van der Waals surface area (Å²) in [6, 6.07) is 14.1. The summed E-state index contributed by atoms with van der Waals surface area (Å²) < 4.78 is 27.5. The van der Waals surface area contributed by atoms with Crippen molar-refractivity contribution in [2.24, 2.45) is 0 Å². The van der Waals surface area contributed by atoms with Crippen molar-refractivity contribution in [1.82, 2.24) is 4.31 Å². The minimum Gasteiger partial charge on any atom is -0.308 e.